The summed E-state index contributed by atoms with van der Waals surface area (Å²) in [5, 5.41) is 11.9. The molecule has 0 spiro atoms. The van der Waals surface area contributed by atoms with E-state index in [1.807, 2.05) is 0 Å². The second-order valence-electron chi connectivity index (χ2n) is 2.52. The zero-order valence-corrected chi connectivity index (χ0v) is 7.75. The van der Waals surface area contributed by atoms with Crippen molar-refractivity contribution in [2.24, 2.45) is 5.73 Å². The van der Waals surface area contributed by atoms with Crippen LogP contribution in [0.3, 0.4) is 0 Å². The summed E-state index contributed by atoms with van der Waals surface area (Å²) in [6.07, 6.45) is 0.613. The maximum atomic E-state index is 10.4. The van der Waals surface area contributed by atoms with Crippen molar-refractivity contribution in [2.75, 3.05) is 6.54 Å². The van der Waals surface area contributed by atoms with Crippen LogP contribution in [0.5, 0.6) is 0 Å². The highest BCUT2D eigenvalue weighted by molar-refractivity contribution is 7.09. The van der Waals surface area contributed by atoms with Gasteiger partial charge in [0.1, 0.15) is 6.10 Å². The molecule has 6 heteroatoms. The molecule has 0 aliphatic carbocycles. The van der Waals surface area contributed by atoms with Crippen LogP contribution in [0.25, 0.3) is 0 Å². The quantitative estimate of drug-likeness (QED) is 0.575. The van der Waals surface area contributed by atoms with E-state index in [-0.39, 0.29) is 6.54 Å². The van der Waals surface area contributed by atoms with Crippen molar-refractivity contribution in [2.45, 2.75) is 12.6 Å². The predicted molar refractivity (Wildman–Crippen MR) is 49.0 cm³/mol. The lowest BCUT2D eigenvalue weighted by atomic mass is 10.3. The van der Waals surface area contributed by atoms with Gasteiger partial charge in [-0.15, -0.1) is 11.3 Å². The largest absolute Gasteiger partial charge is 0.382 e. The third-order valence-electron chi connectivity index (χ3n) is 1.45. The van der Waals surface area contributed by atoms with E-state index < -0.39 is 12.0 Å². The van der Waals surface area contributed by atoms with Gasteiger partial charge in [0.15, 0.2) is 0 Å². The van der Waals surface area contributed by atoms with E-state index in [1.54, 1.807) is 11.7 Å². The molecule has 4 N–H and O–H groups in total. The summed E-state index contributed by atoms with van der Waals surface area (Å²) in [6.45, 7) is 0.766. The average Bonchev–Trinajstić information content (AvgIpc) is 2.56. The fourth-order valence-corrected chi connectivity index (χ4v) is 1.33. The summed E-state index contributed by atoms with van der Waals surface area (Å²) < 4.78 is 0. The third kappa shape index (κ3) is 3.49. The second kappa shape index (κ2) is 4.90. The number of nitrogens with zero attached hydrogens (tertiary/aromatic N) is 1. The first-order valence-electron chi connectivity index (χ1n) is 3.75. The van der Waals surface area contributed by atoms with Crippen molar-refractivity contribution in [3.63, 3.8) is 0 Å². The molecule has 0 aliphatic rings. The van der Waals surface area contributed by atoms with Crippen LogP contribution in [0.2, 0.25) is 0 Å². The summed E-state index contributed by atoms with van der Waals surface area (Å²) in [5.74, 6) is -0.711. The number of amides is 1. The highest BCUT2D eigenvalue weighted by Crippen LogP contribution is 2.03. The van der Waals surface area contributed by atoms with E-state index in [9.17, 15) is 4.79 Å². The molecule has 0 aromatic carbocycles. The van der Waals surface area contributed by atoms with Crippen LogP contribution in [0, 0.1) is 0 Å². The number of hydrogen-bond donors (Lipinski definition) is 3. The van der Waals surface area contributed by atoms with Crippen LogP contribution >= 0.6 is 11.3 Å². The molecule has 1 amide bonds. The predicted octanol–water partition coefficient (Wildman–Crippen LogP) is -0.921. The zero-order chi connectivity index (χ0) is 9.68. The van der Waals surface area contributed by atoms with Crippen molar-refractivity contribution in [3.8, 4) is 0 Å². The molecule has 13 heavy (non-hydrogen) atoms. The number of aliphatic hydroxyl groups is 1. The first-order valence-corrected chi connectivity index (χ1v) is 4.63. The Balaban J connectivity index is 2.18. The van der Waals surface area contributed by atoms with Crippen LogP contribution < -0.4 is 11.1 Å². The molecule has 1 aromatic rings. The fourth-order valence-electron chi connectivity index (χ4n) is 0.762. The molecule has 1 rings (SSSR count). The Morgan fingerprint density at radius 1 is 1.85 bits per heavy atom. The minimum atomic E-state index is -1.12. The van der Waals surface area contributed by atoms with Gasteiger partial charge < -0.3 is 16.2 Å². The van der Waals surface area contributed by atoms with Crippen LogP contribution in [-0.2, 0) is 11.3 Å². The monoisotopic (exact) mass is 201 g/mol. The third-order valence-corrected chi connectivity index (χ3v) is 2.23. The molecule has 0 fully saturated rings. The van der Waals surface area contributed by atoms with Gasteiger partial charge in [0.05, 0.1) is 5.51 Å². The minimum Gasteiger partial charge on any atom is -0.382 e. The first kappa shape index (κ1) is 10.1. The van der Waals surface area contributed by atoms with Crippen LogP contribution in [0.1, 0.15) is 4.88 Å². The Hall–Kier alpha value is -0.980. The molecule has 1 aromatic heterocycles. The van der Waals surface area contributed by atoms with Crippen molar-refractivity contribution in [1.29, 1.82) is 0 Å². The Bertz CT molecular complexity index is 263. The Kier molecular flexibility index (Phi) is 3.81. The number of carbonyl (C=O) groups excluding carboxylic acids is 1. The van der Waals surface area contributed by atoms with Crippen LogP contribution in [0.15, 0.2) is 11.7 Å². The number of carbonyl (C=O) groups is 1. The Labute approximate surface area is 79.6 Å². The van der Waals surface area contributed by atoms with Gasteiger partial charge in [0.25, 0.3) is 0 Å². The number of nitrogens with two attached hydrogens (primary N) is 1. The lowest BCUT2D eigenvalue weighted by Crippen LogP contribution is -2.37. The van der Waals surface area contributed by atoms with Crippen molar-refractivity contribution < 1.29 is 9.90 Å². The van der Waals surface area contributed by atoms with Gasteiger partial charge in [-0.25, -0.2) is 0 Å². The van der Waals surface area contributed by atoms with E-state index >= 15 is 0 Å². The summed E-state index contributed by atoms with van der Waals surface area (Å²) in [7, 11) is 0. The molecule has 1 unspecified atom stereocenters. The molecule has 1 heterocycles. The molecule has 72 valence electrons. The first-order chi connectivity index (χ1) is 6.20. The summed E-state index contributed by atoms with van der Waals surface area (Å²) in [6, 6.07) is 0. The van der Waals surface area contributed by atoms with E-state index in [1.165, 1.54) is 11.3 Å². The molecule has 0 bridgehead atoms. The average molecular weight is 201 g/mol. The van der Waals surface area contributed by atoms with Crippen LogP contribution in [-0.4, -0.2) is 28.6 Å². The summed E-state index contributed by atoms with van der Waals surface area (Å²) >= 11 is 1.51. The maximum absolute atomic E-state index is 10.4. The van der Waals surface area contributed by atoms with E-state index in [0.717, 1.165) is 4.88 Å². The second-order valence-corrected chi connectivity index (χ2v) is 3.49. The lowest BCUT2D eigenvalue weighted by Gasteiger charge is -2.06. The highest BCUT2D eigenvalue weighted by atomic mass is 32.1. The molecule has 1 atom stereocenters. The molecular formula is C7H11N3O2S. The SMILES string of the molecule is NC(=O)C(O)CNCc1cncs1. The number of primary amides is 1. The Morgan fingerprint density at radius 3 is 3.15 bits per heavy atom. The molecule has 0 saturated carbocycles. The summed E-state index contributed by atoms with van der Waals surface area (Å²) in [4.78, 5) is 15.3. The number of aromatic nitrogens is 1. The molecular weight excluding hydrogens is 190 g/mol. The molecule has 5 nitrogen and oxygen atoms in total. The smallest absolute Gasteiger partial charge is 0.247 e. The number of nitrogens with one attached hydrogen (secondary N) is 1. The van der Waals surface area contributed by atoms with Gasteiger partial charge >= 0.3 is 0 Å². The normalized spacial score (nSPS) is 12.7. The van der Waals surface area contributed by atoms with E-state index in [2.05, 4.69) is 10.3 Å². The van der Waals surface area contributed by atoms with E-state index in [4.69, 9.17) is 10.8 Å². The number of rotatable bonds is 5. The van der Waals surface area contributed by atoms with Crippen molar-refractivity contribution >= 4 is 17.2 Å². The minimum absolute atomic E-state index is 0.174. The highest BCUT2D eigenvalue weighted by Gasteiger charge is 2.09. The van der Waals surface area contributed by atoms with Gasteiger partial charge in [-0.3, -0.25) is 9.78 Å². The zero-order valence-electron chi connectivity index (χ0n) is 6.93. The van der Waals surface area contributed by atoms with Crippen molar-refractivity contribution in [3.05, 3.63) is 16.6 Å². The van der Waals surface area contributed by atoms with Crippen LogP contribution in [0.4, 0.5) is 0 Å². The summed E-state index contributed by atoms with van der Waals surface area (Å²) in [5.41, 5.74) is 6.58. The van der Waals surface area contributed by atoms with Gasteiger partial charge in [0.2, 0.25) is 5.91 Å². The van der Waals surface area contributed by atoms with Gasteiger partial charge in [-0.1, -0.05) is 0 Å². The van der Waals surface area contributed by atoms with Crippen molar-refractivity contribution in [1.82, 2.24) is 10.3 Å². The lowest BCUT2D eigenvalue weighted by molar-refractivity contribution is -0.125. The fraction of sp³-hybridized carbons (Fsp3) is 0.429. The standard InChI is InChI=1S/C7H11N3O2S/c8-7(12)6(11)3-9-1-5-2-10-4-13-5/h2,4,6,9,11H,1,3H2,(H2,8,12). The number of thiazole rings is 1. The maximum Gasteiger partial charge on any atom is 0.247 e. The van der Waals surface area contributed by atoms with Gasteiger partial charge in [0, 0.05) is 24.2 Å². The molecule has 0 aliphatic heterocycles. The molecule has 0 radical (unpaired) electrons. The number of hydrogen-bond acceptors (Lipinski definition) is 5. The molecule has 0 saturated heterocycles. The van der Waals surface area contributed by atoms with Gasteiger partial charge in [-0.2, -0.15) is 0 Å². The van der Waals surface area contributed by atoms with E-state index in [0.29, 0.717) is 6.54 Å². The number of aliphatic hydroxyl groups excluding tert-OH is 1. The van der Waals surface area contributed by atoms with Gasteiger partial charge in [-0.05, 0) is 0 Å². The Morgan fingerprint density at radius 2 is 2.62 bits per heavy atom. The topological polar surface area (TPSA) is 88.2 Å².